The summed E-state index contributed by atoms with van der Waals surface area (Å²) in [6.07, 6.45) is 0.925. The number of hydrogen-bond donors (Lipinski definition) is 0. The monoisotopic (exact) mass is 252 g/mol. The van der Waals surface area contributed by atoms with Crippen LogP contribution in [0.2, 0.25) is 0 Å². The van der Waals surface area contributed by atoms with Crippen molar-refractivity contribution in [3.8, 4) is 5.75 Å². The summed E-state index contributed by atoms with van der Waals surface area (Å²) in [5.74, 6) is 1.55. The van der Waals surface area contributed by atoms with Crippen molar-refractivity contribution in [3.05, 3.63) is 65.7 Å². The van der Waals surface area contributed by atoms with Gasteiger partial charge >= 0.3 is 0 Å². The molecule has 96 valence electrons. The Balaban J connectivity index is 1.80. The van der Waals surface area contributed by atoms with Gasteiger partial charge in [0.25, 0.3) is 0 Å². The van der Waals surface area contributed by atoms with Crippen molar-refractivity contribution in [1.29, 1.82) is 0 Å². The second-order valence-electron chi connectivity index (χ2n) is 4.92. The number of benzene rings is 2. The Labute approximate surface area is 113 Å². The second-order valence-corrected chi connectivity index (χ2v) is 4.92. The molecule has 19 heavy (non-hydrogen) atoms. The van der Waals surface area contributed by atoms with Crippen LogP contribution in [0.3, 0.4) is 0 Å². The first-order valence-corrected chi connectivity index (χ1v) is 6.53. The highest BCUT2D eigenvalue weighted by Crippen LogP contribution is 2.51. The van der Waals surface area contributed by atoms with Crippen LogP contribution in [-0.2, 0) is 0 Å². The van der Waals surface area contributed by atoms with Gasteiger partial charge in [0, 0.05) is 11.5 Å². The van der Waals surface area contributed by atoms with E-state index in [1.807, 2.05) is 48.5 Å². The molecule has 2 heteroatoms. The molecule has 0 spiro atoms. The average molecular weight is 252 g/mol. The molecule has 1 aliphatic rings. The van der Waals surface area contributed by atoms with Crippen molar-refractivity contribution < 1.29 is 9.53 Å². The normalized spacial score (nSPS) is 20.9. The van der Waals surface area contributed by atoms with Gasteiger partial charge in [0.15, 0.2) is 5.78 Å². The van der Waals surface area contributed by atoms with E-state index in [1.54, 1.807) is 7.11 Å². The number of para-hydroxylation sites is 1. The molecule has 0 aliphatic heterocycles. The van der Waals surface area contributed by atoms with Crippen LogP contribution < -0.4 is 4.74 Å². The van der Waals surface area contributed by atoms with E-state index in [-0.39, 0.29) is 11.7 Å². The molecule has 1 aliphatic carbocycles. The zero-order valence-electron chi connectivity index (χ0n) is 10.9. The van der Waals surface area contributed by atoms with E-state index in [0.29, 0.717) is 5.92 Å². The number of hydrogen-bond acceptors (Lipinski definition) is 2. The van der Waals surface area contributed by atoms with Gasteiger partial charge in [-0.3, -0.25) is 4.79 Å². The highest BCUT2D eigenvalue weighted by molar-refractivity contribution is 6.00. The molecule has 2 aromatic carbocycles. The predicted octanol–water partition coefficient (Wildman–Crippen LogP) is 3.68. The average Bonchev–Trinajstić information content (AvgIpc) is 3.27. The Morgan fingerprint density at radius 3 is 2.47 bits per heavy atom. The lowest BCUT2D eigenvalue weighted by atomic mass is 10.0. The molecule has 2 aromatic rings. The molecule has 3 rings (SSSR count). The van der Waals surface area contributed by atoms with Gasteiger partial charge in [0.05, 0.1) is 7.11 Å². The molecular formula is C17H16O2. The minimum Gasteiger partial charge on any atom is -0.496 e. The summed E-state index contributed by atoms with van der Waals surface area (Å²) in [4.78, 5) is 12.3. The van der Waals surface area contributed by atoms with E-state index in [2.05, 4.69) is 6.07 Å². The summed E-state index contributed by atoms with van der Waals surface area (Å²) in [7, 11) is 1.68. The predicted molar refractivity (Wildman–Crippen MR) is 74.6 cm³/mol. The Kier molecular flexibility index (Phi) is 3.08. The first-order valence-electron chi connectivity index (χ1n) is 6.53. The van der Waals surface area contributed by atoms with Crippen molar-refractivity contribution in [2.24, 2.45) is 5.92 Å². The summed E-state index contributed by atoms with van der Waals surface area (Å²) in [6, 6.07) is 17.5. The zero-order chi connectivity index (χ0) is 13.2. The quantitative estimate of drug-likeness (QED) is 0.776. The fourth-order valence-corrected chi connectivity index (χ4v) is 2.62. The van der Waals surface area contributed by atoms with E-state index >= 15 is 0 Å². The maximum absolute atomic E-state index is 12.3. The Morgan fingerprint density at radius 1 is 1.05 bits per heavy atom. The third kappa shape index (κ3) is 2.26. The van der Waals surface area contributed by atoms with Crippen LogP contribution in [0.15, 0.2) is 54.6 Å². The van der Waals surface area contributed by atoms with Gasteiger partial charge in [-0.05, 0) is 24.0 Å². The molecule has 0 N–H and O–H groups in total. The molecule has 0 aromatic heterocycles. The van der Waals surface area contributed by atoms with Crippen molar-refractivity contribution in [2.75, 3.05) is 7.11 Å². The van der Waals surface area contributed by atoms with Gasteiger partial charge in [-0.15, -0.1) is 0 Å². The molecule has 1 fully saturated rings. The molecule has 0 bridgehead atoms. The summed E-state index contributed by atoms with van der Waals surface area (Å²) in [6.45, 7) is 0. The van der Waals surface area contributed by atoms with Gasteiger partial charge in [0.2, 0.25) is 0 Å². The largest absolute Gasteiger partial charge is 0.496 e. The number of ether oxygens (including phenoxy) is 1. The molecule has 0 saturated heterocycles. The highest BCUT2D eigenvalue weighted by atomic mass is 16.5. The van der Waals surface area contributed by atoms with Gasteiger partial charge in [-0.2, -0.15) is 0 Å². The van der Waals surface area contributed by atoms with Gasteiger partial charge in [0.1, 0.15) is 5.75 Å². The minimum atomic E-state index is 0.110. The smallest absolute Gasteiger partial charge is 0.166 e. The Hall–Kier alpha value is -2.09. The molecular weight excluding hydrogens is 236 g/mol. The van der Waals surface area contributed by atoms with Crippen LogP contribution in [0, 0.1) is 5.92 Å². The van der Waals surface area contributed by atoms with Crippen LogP contribution in [0.1, 0.15) is 28.3 Å². The third-order valence-electron chi connectivity index (χ3n) is 3.72. The summed E-state index contributed by atoms with van der Waals surface area (Å²) in [5.41, 5.74) is 1.96. The highest BCUT2D eigenvalue weighted by Gasteiger charge is 2.45. The number of carbonyl (C=O) groups is 1. The summed E-state index contributed by atoms with van der Waals surface area (Å²) >= 11 is 0. The van der Waals surface area contributed by atoms with E-state index < -0.39 is 0 Å². The lowest BCUT2D eigenvalue weighted by Crippen LogP contribution is -2.03. The lowest BCUT2D eigenvalue weighted by molar-refractivity contribution is 0.0965. The molecule has 1 saturated carbocycles. The van der Waals surface area contributed by atoms with Crippen LogP contribution in [0.25, 0.3) is 0 Å². The fraction of sp³-hybridized carbons (Fsp3) is 0.235. The third-order valence-corrected chi connectivity index (χ3v) is 3.72. The summed E-state index contributed by atoms with van der Waals surface area (Å²) in [5, 5.41) is 0. The number of carbonyl (C=O) groups excluding carboxylic acids is 1. The standard InChI is InChI=1S/C17H16O2/c1-19-16-10-6-5-9-13(16)14-11-15(14)17(18)12-7-3-2-4-8-12/h2-10,14-15H,11H2,1H3. The molecule has 0 amide bonds. The first-order chi connectivity index (χ1) is 9.31. The fourth-order valence-electron chi connectivity index (χ4n) is 2.62. The van der Waals surface area contributed by atoms with Gasteiger partial charge in [-0.25, -0.2) is 0 Å². The number of methoxy groups -OCH3 is 1. The number of ketones is 1. The van der Waals surface area contributed by atoms with Crippen molar-refractivity contribution in [1.82, 2.24) is 0 Å². The first kappa shape index (κ1) is 12.0. The maximum atomic E-state index is 12.3. The Bertz CT molecular complexity index is 589. The van der Waals surface area contributed by atoms with Crippen LogP contribution in [-0.4, -0.2) is 12.9 Å². The van der Waals surface area contributed by atoms with Gasteiger partial charge in [-0.1, -0.05) is 48.5 Å². The topological polar surface area (TPSA) is 26.3 Å². The van der Waals surface area contributed by atoms with Gasteiger partial charge < -0.3 is 4.74 Å². The number of Topliss-reactive ketones (excluding diaryl/α,β-unsaturated/α-hetero) is 1. The van der Waals surface area contributed by atoms with E-state index in [0.717, 1.165) is 23.3 Å². The lowest BCUT2D eigenvalue weighted by Gasteiger charge is -2.07. The van der Waals surface area contributed by atoms with Crippen LogP contribution in [0.5, 0.6) is 5.75 Å². The van der Waals surface area contributed by atoms with Crippen molar-refractivity contribution in [3.63, 3.8) is 0 Å². The SMILES string of the molecule is COc1ccccc1C1CC1C(=O)c1ccccc1. The molecule has 0 radical (unpaired) electrons. The van der Waals surface area contributed by atoms with E-state index in [9.17, 15) is 4.79 Å². The van der Waals surface area contributed by atoms with Crippen LogP contribution >= 0.6 is 0 Å². The molecule has 2 unspecified atom stereocenters. The second kappa shape index (κ2) is 4.88. The van der Waals surface area contributed by atoms with E-state index in [4.69, 9.17) is 4.74 Å². The number of rotatable bonds is 4. The van der Waals surface area contributed by atoms with E-state index in [1.165, 1.54) is 0 Å². The summed E-state index contributed by atoms with van der Waals surface area (Å²) < 4.78 is 5.37. The minimum absolute atomic E-state index is 0.110. The molecule has 2 nitrogen and oxygen atoms in total. The molecule has 0 heterocycles. The van der Waals surface area contributed by atoms with Crippen molar-refractivity contribution in [2.45, 2.75) is 12.3 Å². The zero-order valence-corrected chi connectivity index (χ0v) is 10.9. The Morgan fingerprint density at radius 2 is 1.74 bits per heavy atom. The van der Waals surface area contributed by atoms with Crippen LogP contribution in [0.4, 0.5) is 0 Å². The van der Waals surface area contributed by atoms with Crippen molar-refractivity contribution >= 4 is 5.78 Å². The molecule has 2 atom stereocenters. The maximum Gasteiger partial charge on any atom is 0.166 e.